The zero-order valence-electron chi connectivity index (χ0n) is 15.6. The summed E-state index contributed by atoms with van der Waals surface area (Å²) < 4.78 is 3.09. The molecule has 1 fully saturated rings. The molecule has 0 aliphatic carbocycles. The molecule has 2 aromatic heterocycles. The minimum Gasteiger partial charge on any atom is -0.350 e. The summed E-state index contributed by atoms with van der Waals surface area (Å²) in [4.78, 5) is 25.5. The van der Waals surface area contributed by atoms with E-state index in [9.17, 15) is 9.59 Å². The van der Waals surface area contributed by atoms with Crippen molar-refractivity contribution in [3.63, 3.8) is 0 Å². The molecule has 0 saturated carbocycles. The number of carbonyl (C=O) groups is 1. The molecule has 1 amide bonds. The van der Waals surface area contributed by atoms with Crippen LogP contribution in [0.1, 0.15) is 38.3 Å². The van der Waals surface area contributed by atoms with Crippen LogP contribution in [0.2, 0.25) is 0 Å². The lowest BCUT2D eigenvalue weighted by Crippen LogP contribution is -2.47. The fraction of sp³-hybridized carbons (Fsp3) is 0.450. The van der Waals surface area contributed by atoms with E-state index < -0.39 is 0 Å². The summed E-state index contributed by atoms with van der Waals surface area (Å²) in [7, 11) is 0. The monoisotopic (exact) mass is 384 g/mol. The Hall–Kier alpha value is -2.25. The fourth-order valence-electron chi connectivity index (χ4n) is 3.69. The minimum atomic E-state index is -0.187. The summed E-state index contributed by atoms with van der Waals surface area (Å²) in [5.74, 6) is -0.00331. The number of hydrogen-bond donors (Lipinski definition) is 2. The van der Waals surface area contributed by atoms with E-state index in [0.717, 1.165) is 47.1 Å². The first-order chi connectivity index (χ1) is 13.0. The lowest BCUT2D eigenvalue weighted by atomic mass is 10.0. The van der Waals surface area contributed by atoms with Crippen molar-refractivity contribution < 1.29 is 4.79 Å². The SMILES string of the molecule is CC(C)c1nn(CC(=O)N[C@@H]2CCCNC2)c(=O)c2sc3ccccc3c12. The van der Waals surface area contributed by atoms with E-state index in [1.54, 1.807) is 0 Å². The first-order valence-corrected chi connectivity index (χ1v) is 10.3. The molecule has 1 aliphatic heterocycles. The Kier molecular flexibility index (Phi) is 4.97. The van der Waals surface area contributed by atoms with Crippen molar-refractivity contribution in [3.05, 3.63) is 40.3 Å². The molecule has 1 aliphatic rings. The third kappa shape index (κ3) is 3.49. The quantitative estimate of drug-likeness (QED) is 0.725. The molecule has 27 heavy (non-hydrogen) atoms. The molecule has 1 saturated heterocycles. The van der Waals surface area contributed by atoms with Crippen molar-refractivity contribution in [2.45, 2.75) is 45.2 Å². The van der Waals surface area contributed by atoms with Crippen molar-refractivity contribution in [2.75, 3.05) is 13.1 Å². The van der Waals surface area contributed by atoms with Crippen molar-refractivity contribution in [3.8, 4) is 0 Å². The van der Waals surface area contributed by atoms with Gasteiger partial charge in [0.05, 0.1) is 5.69 Å². The largest absolute Gasteiger partial charge is 0.350 e. The average Bonchev–Trinajstić information content (AvgIpc) is 3.04. The summed E-state index contributed by atoms with van der Waals surface area (Å²) in [5.41, 5.74) is 0.682. The van der Waals surface area contributed by atoms with Gasteiger partial charge >= 0.3 is 0 Å². The van der Waals surface area contributed by atoms with Crippen LogP contribution in [0.25, 0.3) is 20.2 Å². The minimum absolute atomic E-state index is 0.0424. The van der Waals surface area contributed by atoms with Crippen LogP contribution in [0, 0.1) is 0 Å². The number of fused-ring (bicyclic) bond motifs is 3. The molecule has 3 aromatic rings. The van der Waals surface area contributed by atoms with Crippen molar-refractivity contribution >= 4 is 37.4 Å². The maximum absolute atomic E-state index is 13.0. The molecule has 4 rings (SSSR count). The maximum Gasteiger partial charge on any atom is 0.285 e. The van der Waals surface area contributed by atoms with Crippen LogP contribution in [0.3, 0.4) is 0 Å². The van der Waals surface area contributed by atoms with Crippen molar-refractivity contribution in [1.82, 2.24) is 20.4 Å². The van der Waals surface area contributed by atoms with Gasteiger partial charge in [0.15, 0.2) is 0 Å². The van der Waals surface area contributed by atoms with Gasteiger partial charge in [0.2, 0.25) is 5.91 Å². The summed E-state index contributed by atoms with van der Waals surface area (Å²) >= 11 is 1.48. The van der Waals surface area contributed by atoms with Crippen molar-refractivity contribution in [1.29, 1.82) is 0 Å². The number of nitrogens with zero attached hydrogens (tertiary/aromatic N) is 2. The number of benzene rings is 1. The zero-order chi connectivity index (χ0) is 19.0. The Balaban J connectivity index is 1.72. The molecule has 1 atom stereocenters. The molecule has 2 N–H and O–H groups in total. The van der Waals surface area contributed by atoms with Gasteiger partial charge in [0.1, 0.15) is 11.2 Å². The van der Waals surface area contributed by atoms with Gasteiger partial charge in [-0.25, -0.2) is 4.68 Å². The number of amides is 1. The highest BCUT2D eigenvalue weighted by atomic mass is 32.1. The van der Waals surface area contributed by atoms with Gasteiger partial charge in [-0.3, -0.25) is 9.59 Å². The van der Waals surface area contributed by atoms with Crippen LogP contribution in [0.4, 0.5) is 0 Å². The van der Waals surface area contributed by atoms with Gasteiger partial charge in [-0.2, -0.15) is 5.10 Å². The van der Waals surface area contributed by atoms with Gasteiger partial charge in [0.25, 0.3) is 5.56 Å². The molecule has 3 heterocycles. The molecule has 0 radical (unpaired) electrons. The summed E-state index contributed by atoms with van der Waals surface area (Å²) in [6, 6.07) is 8.14. The van der Waals surface area contributed by atoms with Gasteiger partial charge in [-0.1, -0.05) is 32.0 Å². The highest BCUT2D eigenvalue weighted by molar-refractivity contribution is 7.25. The lowest BCUT2D eigenvalue weighted by molar-refractivity contribution is -0.122. The van der Waals surface area contributed by atoms with Gasteiger partial charge in [0, 0.05) is 28.1 Å². The molecule has 0 spiro atoms. The Morgan fingerprint density at radius 3 is 2.96 bits per heavy atom. The Bertz CT molecular complexity index is 1050. The van der Waals surface area contributed by atoms with E-state index in [1.807, 2.05) is 24.3 Å². The number of rotatable bonds is 4. The van der Waals surface area contributed by atoms with E-state index in [-0.39, 0.29) is 30.0 Å². The van der Waals surface area contributed by atoms with E-state index >= 15 is 0 Å². The first kappa shape index (κ1) is 18.1. The summed E-state index contributed by atoms with van der Waals surface area (Å²) in [6.07, 6.45) is 2.02. The van der Waals surface area contributed by atoms with Crippen LogP contribution >= 0.6 is 11.3 Å². The number of nitrogens with one attached hydrogen (secondary N) is 2. The summed E-state index contributed by atoms with van der Waals surface area (Å²) in [6.45, 7) is 5.86. The molecular weight excluding hydrogens is 360 g/mol. The Morgan fingerprint density at radius 1 is 1.41 bits per heavy atom. The molecule has 1 aromatic carbocycles. The molecule has 0 bridgehead atoms. The topological polar surface area (TPSA) is 76.0 Å². The van der Waals surface area contributed by atoms with Crippen molar-refractivity contribution in [2.24, 2.45) is 0 Å². The molecule has 142 valence electrons. The highest BCUT2D eigenvalue weighted by Gasteiger charge is 2.21. The van der Waals surface area contributed by atoms with Crippen LogP contribution < -0.4 is 16.2 Å². The number of hydrogen-bond acceptors (Lipinski definition) is 5. The van der Waals surface area contributed by atoms with E-state index in [4.69, 9.17) is 0 Å². The smallest absolute Gasteiger partial charge is 0.285 e. The number of thiophene rings is 1. The summed E-state index contributed by atoms with van der Waals surface area (Å²) in [5, 5.41) is 12.9. The number of aromatic nitrogens is 2. The normalized spacial score (nSPS) is 17.7. The third-order valence-electron chi connectivity index (χ3n) is 5.01. The predicted molar refractivity (Wildman–Crippen MR) is 110 cm³/mol. The second-order valence-corrected chi connectivity index (χ2v) is 8.47. The Labute approximate surface area is 161 Å². The van der Waals surface area contributed by atoms with E-state index in [0.29, 0.717) is 4.70 Å². The fourth-order valence-corrected chi connectivity index (χ4v) is 4.84. The number of carbonyl (C=O) groups excluding carboxylic acids is 1. The lowest BCUT2D eigenvalue weighted by Gasteiger charge is -2.23. The maximum atomic E-state index is 13.0. The zero-order valence-corrected chi connectivity index (χ0v) is 16.4. The Morgan fingerprint density at radius 2 is 2.22 bits per heavy atom. The van der Waals surface area contributed by atoms with Gasteiger partial charge in [-0.05, 0) is 31.4 Å². The van der Waals surface area contributed by atoms with Crippen LogP contribution in [0.5, 0.6) is 0 Å². The average molecular weight is 385 g/mol. The van der Waals surface area contributed by atoms with E-state index in [1.165, 1.54) is 16.0 Å². The molecule has 7 heteroatoms. The first-order valence-electron chi connectivity index (χ1n) is 9.47. The standard InChI is InChI=1S/C20H24N4O2S/c1-12(2)18-17-14-7-3-4-8-15(14)27-19(17)20(26)24(23-18)11-16(25)22-13-6-5-9-21-10-13/h3-4,7-8,12-13,21H,5-6,9-11H2,1-2H3,(H,22,25)/t13-/m1/s1. The van der Waals surface area contributed by atoms with Crippen LogP contribution in [-0.4, -0.2) is 34.8 Å². The van der Waals surface area contributed by atoms with E-state index in [2.05, 4.69) is 29.6 Å². The van der Waals surface area contributed by atoms with Gasteiger partial charge in [-0.15, -0.1) is 11.3 Å². The third-order valence-corrected chi connectivity index (χ3v) is 6.17. The van der Waals surface area contributed by atoms with Crippen LogP contribution in [0.15, 0.2) is 29.1 Å². The highest BCUT2D eigenvalue weighted by Crippen LogP contribution is 2.35. The molecule has 6 nitrogen and oxygen atoms in total. The molecular formula is C20H24N4O2S. The predicted octanol–water partition coefficient (Wildman–Crippen LogP) is 2.60. The second-order valence-electron chi connectivity index (χ2n) is 7.42. The van der Waals surface area contributed by atoms with Crippen LogP contribution in [-0.2, 0) is 11.3 Å². The number of piperidine rings is 1. The second kappa shape index (κ2) is 7.40. The van der Waals surface area contributed by atoms with Gasteiger partial charge < -0.3 is 10.6 Å². The molecule has 0 unspecified atom stereocenters.